The third-order valence-corrected chi connectivity index (χ3v) is 3.85. The number of carbonyl (C=O) groups is 1. The Kier molecular flexibility index (Phi) is 6.14. The van der Waals surface area contributed by atoms with Crippen molar-refractivity contribution in [2.45, 2.75) is 0 Å². The van der Waals surface area contributed by atoms with Gasteiger partial charge < -0.3 is 15.4 Å². The van der Waals surface area contributed by atoms with E-state index in [0.29, 0.717) is 28.9 Å². The van der Waals surface area contributed by atoms with Gasteiger partial charge in [0.2, 0.25) is 0 Å². The Labute approximate surface area is 147 Å². The van der Waals surface area contributed by atoms with Crippen molar-refractivity contribution in [2.75, 3.05) is 25.5 Å². The first-order valence-electron chi connectivity index (χ1n) is 7.11. The van der Waals surface area contributed by atoms with Gasteiger partial charge in [-0.15, -0.1) is 0 Å². The molecule has 0 unspecified atom stereocenters. The molecule has 0 bridgehead atoms. The van der Waals surface area contributed by atoms with Crippen LogP contribution in [-0.2, 0) is 0 Å². The highest BCUT2D eigenvalue weighted by Crippen LogP contribution is 2.25. The Morgan fingerprint density at radius 3 is 2.50 bits per heavy atom. The molecule has 0 fully saturated rings. The highest BCUT2D eigenvalue weighted by atomic mass is 79.9. The van der Waals surface area contributed by atoms with Crippen LogP contribution in [0.1, 0.15) is 10.4 Å². The van der Waals surface area contributed by atoms with Gasteiger partial charge in [0.15, 0.2) is 0 Å². The van der Waals surface area contributed by atoms with Crippen LogP contribution in [0.3, 0.4) is 0 Å². The van der Waals surface area contributed by atoms with Crippen LogP contribution in [0.2, 0.25) is 0 Å². The van der Waals surface area contributed by atoms with Gasteiger partial charge in [-0.2, -0.15) is 0 Å². The zero-order valence-electron chi connectivity index (χ0n) is 12.9. The van der Waals surface area contributed by atoms with Gasteiger partial charge in [0, 0.05) is 36.5 Å². The highest BCUT2D eigenvalue weighted by Gasteiger charge is 2.08. The Bertz CT molecular complexity index is 735. The van der Waals surface area contributed by atoms with Gasteiger partial charge in [-0.3, -0.25) is 14.9 Å². The Morgan fingerprint density at radius 1 is 1.21 bits per heavy atom. The third-order valence-electron chi connectivity index (χ3n) is 3.23. The average molecular weight is 394 g/mol. The molecule has 0 aliphatic rings. The van der Waals surface area contributed by atoms with E-state index < -0.39 is 4.92 Å². The molecule has 2 N–H and O–H groups in total. The van der Waals surface area contributed by atoms with Crippen LogP contribution in [0.4, 0.5) is 11.4 Å². The molecule has 0 aromatic heterocycles. The average Bonchev–Trinajstić information content (AvgIpc) is 2.58. The molecule has 2 aromatic rings. The number of halogens is 1. The van der Waals surface area contributed by atoms with Crippen molar-refractivity contribution in [3.63, 3.8) is 0 Å². The van der Waals surface area contributed by atoms with Crippen molar-refractivity contribution in [1.29, 1.82) is 0 Å². The van der Waals surface area contributed by atoms with Crippen molar-refractivity contribution < 1.29 is 14.5 Å². The third kappa shape index (κ3) is 4.69. The van der Waals surface area contributed by atoms with E-state index in [2.05, 4.69) is 26.6 Å². The van der Waals surface area contributed by atoms with Crippen LogP contribution >= 0.6 is 15.9 Å². The summed E-state index contributed by atoms with van der Waals surface area (Å²) in [4.78, 5) is 22.2. The number of rotatable bonds is 7. The minimum absolute atomic E-state index is 0.0407. The number of hydrogen-bond donors (Lipinski definition) is 2. The molecule has 0 aliphatic carbocycles. The first kappa shape index (κ1) is 17.7. The standard InChI is InChI=1S/C16H16BrN3O4/c1-24-15-7-2-11(10-14(15)17)16(21)19-9-8-18-12-3-5-13(6-4-12)20(22)23/h2-7,10,18H,8-9H2,1H3,(H,19,21). The van der Waals surface area contributed by atoms with Gasteiger partial charge in [-0.1, -0.05) is 0 Å². The lowest BCUT2D eigenvalue weighted by Crippen LogP contribution is -2.28. The van der Waals surface area contributed by atoms with Crippen molar-refractivity contribution >= 4 is 33.2 Å². The number of amides is 1. The number of nitro groups is 1. The van der Waals surface area contributed by atoms with E-state index in [9.17, 15) is 14.9 Å². The van der Waals surface area contributed by atoms with E-state index >= 15 is 0 Å². The number of methoxy groups -OCH3 is 1. The van der Waals surface area contributed by atoms with Crippen LogP contribution in [0.25, 0.3) is 0 Å². The summed E-state index contributed by atoms with van der Waals surface area (Å²) < 4.78 is 5.83. The molecule has 2 rings (SSSR count). The zero-order valence-corrected chi connectivity index (χ0v) is 14.5. The molecule has 7 nitrogen and oxygen atoms in total. The molecule has 0 saturated heterocycles. The van der Waals surface area contributed by atoms with E-state index in [-0.39, 0.29) is 11.6 Å². The first-order chi connectivity index (χ1) is 11.5. The summed E-state index contributed by atoms with van der Waals surface area (Å²) in [6.45, 7) is 0.917. The van der Waals surface area contributed by atoms with Crippen LogP contribution < -0.4 is 15.4 Å². The quantitative estimate of drug-likeness (QED) is 0.427. The largest absolute Gasteiger partial charge is 0.496 e. The van der Waals surface area contributed by atoms with Gasteiger partial charge >= 0.3 is 0 Å². The number of nitrogens with one attached hydrogen (secondary N) is 2. The molecule has 0 saturated carbocycles. The van der Waals surface area contributed by atoms with Crippen molar-refractivity contribution in [3.8, 4) is 5.75 Å². The maximum Gasteiger partial charge on any atom is 0.269 e. The van der Waals surface area contributed by atoms with Gasteiger partial charge in [-0.05, 0) is 46.3 Å². The molecule has 0 heterocycles. The number of hydrogen-bond acceptors (Lipinski definition) is 5. The molecule has 0 atom stereocenters. The summed E-state index contributed by atoms with van der Waals surface area (Å²) in [5, 5.41) is 16.4. The molecule has 126 valence electrons. The normalized spacial score (nSPS) is 10.1. The fraction of sp³-hybridized carbons (Fsp3) is 0.188. The summed E-state index contributed by atoms with van der Waals surface area (Å²) in [6.07, 6.45) is 0. The highest BCUT2D eigenvalue weighted by molar-refractivity contribution is 9.10. The maximum atomic E-state index is 12.1. The monoisotopic (exact) mass is 393 g/mol. The number of nitrogens with zero attached hydrogens (tertiary/aromatic N) is 1. The minimum atomic E-state index is -0.447. The van der Waals surface area contributed by atoms with Crippen LogP contribution in [0, 0.1) is 10.1 Å². The van der Waals surface area contributed by atoms with E-state index in [1.54, 1.807) is 37.4 Å². The second-order valence-electron chi connectivity index (χ2n) is 4.84. The van der Waals surface area contributed by atoms with E-state index in [1.165, 1.54) is 12.1 Å². The molecule has 2 aromatic carbocycles. The number of carbonyl (C=O) groups excluding carboxylic acids is 1. The van der Waals surface area contributed by atoms with Gasteiger partial charge in [0.1, 0.15) is 5.75 Å². The first-order valence-corrected chi connectivity index (χ1v) is 7.90. The van der Waals surface area contributed by atoms with Crippen LogP contribution in [0.5, 0.6) is 5.75 Å². The lowest BCUT2D eigenvalue weighted by atomic mass is 10.2. The second-order valence-corrected chi connectivity index (χ2v) is 5.69. The van der Waals surface area contributed by atoms with Gasteiger partial charge in [0.25, 0.3) is 11.6 Å². The molecule has 8 heteroatoms. The Hall–Kier alpha value is -2.61. The number of ether oxygens (including phenoxy) is 1. The summed E-state index contributed by atoms with van der Waals surface area (Å²) >= 11 is 3.34. The Balaban J connectivity index is 1.80. The summed E-state index contributed by atoms with van der Waals surface area (Å²) in [5.74, 6) is 0.468. The van der Waals surface area contributed by atoms with Crippen molar-refractivity contribution in [1.82, 2.24) is 5.32 Å². The van der Waals surface area contributed by atoms with Gasteiger partial charge in [-0.25, -0.2) is 0 Å². The maximum absolute atomic E-state index is 12.1. The molecular weight excluding hydrogens is 378 g/mol. The van der Waals surface area contributed by atoms with Crippen molar-refractivity contribution in [2.24, 2.45) is 0 Å². The molecular formula is C16H16BrN3O4. The molecule has 0 spiro atoms. The summed E-state index contributed by atoms with van der Waals surface area (Å²) in [7, 11) is 1.56. The second kappa shape index (κ2) is 8.30. The lowest BCUT2D eigenvalue weighted by Gasteiger charge is -2.09. The lowest BCUT2D eigenvalue weighted by molar-refractivity contribution is -0.384. The predicted molar refractivity (Wildman–Crippen MR) is 94.6 cm³/mol. The smallest absolute Gasteiger partial charge is 0.269 e. The molecule has 0 radical (unpaired) electrons. The SMILES string of the molecule is COc1ccc(C(=O)NCCNc2ccc([N+](=O)[O-])cc2)cc1Br. The molecule has 24 heavy (non-hydrogen) atoms. The van der Waals surface area contributed by atoms with E-state index in [4.69, 9.17) is 4.74 Å². The zero-order chi connectivity index (χ0) is 17.5. The van der Waals surface area contributed by atoms with Crippen molar-refractivity contribution in [3.05, 3.63) is 62.6 Å². The van der Waals surface area contributed by atoms with Crippen LogP contribution in [0.15, 0.2) is 46.9 Å². The summed E-state index contributed by atoms with van der Waals surface area (Å²) in [5.41, 5.74) is 1.32. The molecule has 0 aliphatic heterocycles. The minimum Gasteiger partial charge on any atom is -0.496 e. The molecule has 1 amide bonds. The predicted octanol–water partition coefficient (Wildman–Crippen LogP) is 3.21. The number of non-ortho nitro benzene ring substituents is 1. The Morgan fingerprint density at radius 2 is 1.92 bits per heavy atom. The van der Waals surface area contributed by atoms with Gasteiger partial charge in [0.05, 0.1) is 16.5 Å². The fourth-order valence-corrected chi connectivity index (χ4v) is 2.53. The number of nitro benzene ring substituents is 1. The number of anilines is 1. The van der Waals surface area contributed by atoms with E-state index in [1.807, 2.05) is 0 Å². The van der Waals surface area contributed by atoms with E-state index in [0.717, 1.165) is 5.69 Å². The summed E-state index contributed by atoms with van der Waals surface area (Å²) in [6, 6.07) is 11.2. The fourth-order valence-electron chi connectivity index (χ4n) is 1.99. The number of benzene rings is 2. The van der Waals surface area contributed by atoms with Crippen LogP contribution in [-0.4, -0.2) is 31.0 Å². The topological polar surface area (TPSA) is 93.5 Å².